The molecule has 1 heterocycles. The highest BCUT2D eigenvalue weighted by Gasteiger charge is 2.22. The molecular formula is C75H135N3O9S3. The maximum absolute atomic E-state index is 13.5. The molecule has 1 aromatic heterocycles. The second kappa shape index (κ2) is 67.9. The van der Waals surface area contributed by atoms with E-state index in [2.05, 4.69) is 35.7 Å². The Morgan fingerprint density at radius 2 is 0.389 bits per heavy atom. The highest BCUT2D eigenvalue weighted by atomic mass is 32.2. The van der Waals surface area contributed by atoms with E-state index >= 15 is 0 Å². The zero-order chi connectivity index (χ0) is 65.1. The Morgan fingerprint density at radius 1 is 0.233 bits per heavy atom. The Morgan fingerprint density at radius 3 is 0.567 bits per heavy atom. The third-order valence-corrected chi connectivity index (χ3v) is 19.9. The average molecular weight is 1320 g/mol. The fraction of sp³-hybridized carbons (Fsp3) is 0.880. The van der Waals surface area contributed by atoms with Crippen molar-refractivity contribution in [2.45, 2.75) is 367 Å². The highest BCUT2D eigenvalue weighted by Crippen LogP contribution is 2.19. The molecule has 0 N–H and O–H groups in total. The van der Waals surface area contributed by atoms with Crippen molar-refractivity contribution in [3.8, 4) is 0 Å². The summed E-state index contributed by atoms with van der Waals surface area (Å²) < 4.78 is 16.4. The minimum Gasteiger partial charge on any atom is -0.466 e. The molecule has 0 bridgehead atoms. The Hall–Kier alpha value is -2.52. The summed E-state index contributed by atoms with van der Waals surface area (Å²) in [5.74, 6) is 0.0572. The Bertz CT molecular complexity index is 1640. The first-order chi connectivity index (χ1) is 44.2. The second-order valence-corrected chi connectivity index (χ2v) is 29.2. The summed E-state index contributed by atoms with van der Waals surface area (Å²) in [6.45, 7) is 8.11. The molecule has 0 spiro atoms. The minimum absolute atomic E-state index is 0.0566. The van der Waals surface area contributed by atoms with Crippen LogP contribution in [0, 0.1) is 0 Å². The quantitative estimate of drug-likeness (QED) is 0.0261. The average Bonchev–Trinajstić information content (AvgIpc) is 1.78. The third-order valence-electron chi connectivity index (χ3n) is 16.9. The Balaban J connectivity index is 2.46. The van der Waals surface area contributed by atoms with Crippen molar-refractivity contribution in [1.82, 2.24) is 15.0 Å². The molecule has 0 unspecified atom stereocenters. The van der Waals surface area contributed by atoms with Gasteiger partial charge in [-0.15, -0.1) is 0 Å². The molecule has 0 aromatic carbocycles. The number of thioether (sulfide) groups is 3. The maximum atomic E-state index is 13.5. The highest BCUT2D eigenvalue weighted by molar-refractivity contribution is 7.99. The van der Waals surface area contributed by atoms with Crippen LogP contribution in [-0.2, 0) is 28.6 Å². The fourth-order valence-corrected chi connectivity index (χ4v) is 13.6. The summed E-state index contributed by atoms with van der Waals surface area (Å²) in [7, 11) is 0. The van der Waals surface area contributed by atoms with Gasteiger partial charge in [0.2, 0.25) is 17.3 Å². The van der Waals surface area contributed by atoms with Crippen molar-refractivity contribution in [2.24, 2.45) is 0 Å². The largest absolute Gasteiger partial charge is 0.466 e. The Labute approximate surface area is 564 Å². The van der Waals surface area contributed by atoms with Crippen LogP contribution in [0.15, 0.2) is 0 Å². The van der Waals surface area contributed by atoms with E-state index in [-0.39, 0.29) is 73.9 Å². The molecule has 0 aliphatic rings. The van der Waals surface area contributed by atoms with Gasteiger partial charge in [-0.3, -0.25) is 28.8 Å². The summed E-state index contributed by atoms with van der Waals surface area (Å²) in [4.78, 5) is 90.6. The van der Waals surface area contributed by atoms with Gasteiger partial charge in [-0.25, -0.2) is 15.0 Å². The lowest BCUT2D eigenvalue weighted by Crippen LogP contribution is -2.19. The van der Waals surface area contributed by atoms with Crippen molar-refractivity contribution in [2.75, 3.05) is 54.3 Å². The van der Waals surface area contributed by atoms with E-state index < -0.39 is 17.3 Å². The van der Waals surface area contributed by atoms with E-state index in [4.69, 9.17) is 14.2 Å². The maximum Gasteiger partial charge on any atom is 0.306 e. The van der Waals surface area contributed by atoms with Gasteiger partial charge in [0.1, 0.15) is 0 Å². The van der Waals surface area contributed by atoms with E-state index in [1.807, 2.05) is 0 Å². The van der Waals surface area contributed by atoms with Crippen LogP contribution in [0.2, 0.25) is 0 Å². The Kier molecular flexibility index (Phi) is 64.5. The van der Waals surface area contributed by atoms with Crippen molar-refractivity contribution in [3.05, 3.63) is 17.5 Å². The summed E-state index contributed by atoms with van der Waals surface area (Å²) in [5, 5.41) is 0. The molecular weight excluding hydrogens is 1180 g/mol. The first-order valence-corrected chi connectivity index (χ1v) is 41.2. The van der Waals surface area contributed by atoms with E-state index in [1.165, 1.54) is 305 Å². The number of nitrogens with zero attached hydrogens (tertiary/aromatic N) is 3. The molecule has 1 aromatic rings. The molecule has 90 heavy (non-hydrogen) atoms. The summed E-state index contributed by atoms with van der Waals surface area (Å²) >= 11 is 4.36. The van der Waals surface area contributed by atoms with Crippen LogP contribution in [0.5, 0.6) is 0 Å². The number of carbonyl (C=O) groups excluding carboxylic acids is 6. The van der Waals surface area contributed by atoms with Crippen LogP contribution in [0.3, 0.4) is 0 Å². The van der Waals surface area contributed by atoms with E-state index in [1.54, 1.807) is 0 Å². The van der Waals surface area contributed by atoms with E-state index in [9.17, 15) is 28.8 Å². The number of carbonyl (C=O) groups is 6. The predicted octanol–water partition coefficient (Wildman–Crippen LogP) is 22.4. The lowest BCUT2D eigenvalue weighted by Gasteiger charge is -2.08. The molecule has 522 valence electrons. The lowest BCUT2D eigenvalue weighted by atomic mass is 10.0. The SMILES string of the molecule is CCCCCCCCCCCCCCCCCCOC(=O)CCSCCC(=O)c1nc(C(=O)CCSCCC(=O)OCCCCCCCCCCCCCCCCCC)nc(C(=O)CCSCCC(=O)OCCCCCCCCCCCCCCCCCC)n1. The first kappa shape index (κ1) is 85.5. The molecule has 0 radical (unpaired) electrons. The number of ketones is 3. The first-order valence-electron chi connectivity index (χ1n) is 37.8. The number of esters is 3. The van der Waals surface area contributed by atoms with E-state index in [0.29, 0.717) is 54.3 Å². The molecule has 0 amide bonds. The van der Waals surface area contributed by atoms with Gasteiger partial charge in [-0.1, -0.05) is 310 Å². The van der Waals surface area contributed by atoms with Crippen LogP contribution in [0.1, 0.15) is 399 Å². The standard InChI is InChI=1S/C75H135N3O9S3/c1-4-7-10-13-16-19-22-25-28-31-34-37-40-43-46-49-58-85-70(82)55-64-88-61-52-67(79)73-76-74(68(80)53-62-89-65-56-71(83)86-59-50-47-44-41-38-35-32-29-26-23-20-17-14-11-8-5-2)78-75(77-73)69(81)54-63-90-66-57-72(84)87-60-51-48-45-42-39-36-33-30-27-24-21-18-15-12-9-6-3/h4-66H2,1-3H3. The number of hydrogen-bond acceptors (Lipinski definition) is 15. The van der Waals surface area contributed by atoms with Crippen LogP contribution in [-0.4, -0.2) is 105 Å². The van der Waals surface area contributed by atoms with Crippen molar-refractivity contribution >= 4 is 70.5 Å². The molecule has 0 aliphatic heterocycles. The minimum atomic E-state index is -0.418. The molecule has 0 saturated carbocycles. The van der Waals surface area contributed by atoms with Gasteiger partial charge >= 0.3 is 17.9 Å². The molecule has 0 atom stereocenters. The second-order valence-electron chi connectivity index (χ2n) is 25.5. The van der Waals surface area contributed by atoms with Crippen molar-refractivity contribution < 1.29 is 43.0 Å². The van der Waals surface area contributed by atoms with Gasteiger partial charge in [0.15, 0.2) is 17.5 Å². The zero-order valence-electron chi connectivity index (χ0n) is 58.3. The summed E-state index contributed by atoms with van der Waals surface area (Å²) in [6, 6.07) is 0. The monoisotopic (exact) mass is 1320 g/mol. The number of hydrogen-bond donors (Lipinski definition) is 0. The van der Waals surface area contributed by atoms with Gasteiger partial charge in [-0.05, 0) is 19.3 Å². The third kappa shape index (κ3) is 58.1. The molecule has 1 rings (SSSR count). The van der Waals surface area contributed by atoms with Crippen molar-refractivity contribution in [3.63, 3.8) is 0 Å². The number of aromatic nitrogens is 3. The number of ether oxygens (including phenoxy) is 3. The summed E-state index contributed by atoms with van der Waals surface area (Å²) in [5.41, 5.74) is 0. The normalized spacial score (nSPS) is 11.4. The molecule has 0 aliphatic carbocycles. The van der Waals surface area contributed by atoms with Gasteiger partial charge in [-0.2, -0.15) is 35.3 Å². The van der Waals surface area contributed by atoms with E-state index in [0.717, 1.165) is 38.5 Å². The topological polar surface area (TPSA) is 169 Å². The smallest absolute Gasteiger partial charge is 0.306 e. The molecule has 0 saturated heterocycles. The number of rotatable bonds is 72. The lowest BCUT2D eigenvalue weighted by molar-refractivity contribution is -0.144. The molecule has 0 fully saturated rings. The predicted molar refractivity (Wildman–Crippen MR) is 384 cm³/mol. The molecule has 15 heteroatoms. The fourth-order valence-electron chi connectivity index (χ4n) is 11.1. The van der Waals surface area contributed by atoms with Gasteiger partial charge in [0.25, 0.3) is 0 Å². The van der Waals surface area contributed by atoms with Gasteiger partial charge in [0, 0.05) is 53.8 Å². The zero-order valence-corrected chi connectivity index (χ0v) is 60.7. The summed E-state index contributed by atoms with van der Waals surface area (Å²) in [6.07, 6.45) is 62.9. The van der Waals surface area contributed by atoms with Crippen LogP contribution >= 0.6 is 35.3 Å². The number of unbranched alkanes of at least 4 members (excludes halogenated alkanes) is 45. The van der Waals surface area contributed by atoms with Crippen molar-refractivity contribution in [1.29, 1.82) is 0 Å². The van der Waals surface area contributed by atoms with Crippen LogP contribution < -0.4 is 0 Å². The molecule has 12 nitrogen and oxygen atoms in total. The van der Waals surface area contributed by atoms with Gasteiger partial charge < -0.3 is 14.2 Å². The van der Waals surface area contributed by atoms with Gasteiger partial charge in [0.05, 0.1) is 39.1 Å². The van der Waals surface area contributed by atoms with Crippen LogP contribution in [0.25, 0.3) is 0 Å². The number of Topliss-reactive ketones (excluding diaryl/α,β-unsaturated/α-hetero) is 3. The van der Waals surface area contributed by atoms with Crippen LogP contribution in [0.4, 0.5) is 0 Å².